The van der Waals surface area contributed by atoms with Crippen molar-refractivity contribution in [3.63, 3.8) is 0 Å². The second-order valence-electron chi connectivity index (χ2n) is 5.04. The van der Waals surface area contributed by atoms with E-state index in [-0.39, 0.29) is 17.8 Å². The summed E-state index contributed by atoms with van der Waals surface area (Å²) in [6.07, 6.45) is 2.63. The predicted molar refractivity (Wildman–Crippen MR) is 88.5 cm³/mol. The van der Waals surface area contributed by atoms with E-state index in [1.54, 1.807) is 4.90 Å². The van der Waals surface area contributed by atoms with Crippen molar-refractivity contribution in [2.45, 2.75) is 19.4 Å². The lowest BCUT2D eigenvalue weighted by Crippen LogP contribution is -2.39. The Morgan fingerprint density at radius 1 is 1.29 bits per heavy atom. The first-order valence-corrected chi connectivity index (χ1v) is 8.00. The van der Waals surface area contributed by atoms with Crippen LogP contribution in [0.15, 0.2) is 36.9 Å². The van der Waals surface area contributed by atoms with Gasteiger partial charge in [0.25, 0.3) is 0 Å². The van der Waals surface area contributed by atoms with Gasteiger partial charge in [-0.15, -0.1) is 0 Å². The van der Waals surface area contributed by atoms with E-state index in [2.05, 4.69) is 29.2 Å². The number of hydrogen-bond acceptors (Lipinski definition) is 3. The monoisotopic (exact) mass is 399 g/mol. The highest BCUT2D eigenvalue weighted by Gasteiger charge is 2.27. The first-order chi connectivity index (χ1) is 10.1. The molecule has 1 amide bonds. The largest absolute Gasteiger partial charge is 0.461 e. The summed E-state index contributed by atoms with van der Waals surface area (Å²) in [7, 11) is 0. The van der Waals surface area contributed by atoms with Crippen molar-refractivity contribution in [1.29, 1.82) is 0 Å². The lowest BCUT2D eigenvalue weighted by molar-refractivity contribution is -0.152. The minimum absolute atomic E-state index is 0.0688. The minimum atomic E-state index is -0.167. The van der Waals surface area contributed by atoms with E-state index < -0.39 is 0 Å². The Kier molecular flexibility index (Phi) is 5.78. The summed E-state index contributed by atoms with van der Waals surface area (Å²) in [5, 5.41) is 0. The highest BCUT2D eigenvalue weighted by molar-refractivity contribution is 14.1. The van der Waals surface area contributed by atoms with Crippen LogP contribution in [0.3, 0.4) is 0 Å². The summed E-state index contributed by atoms with van der Waals surface area (Å²) in [5.41, 5.74) is 0.989. The van der Waals surface area contributed by atoms with Gasteiger partial charge in [-0.3, -0.25) is 9.59 Å². The molecule has 1 saturated heterocycles. The van der Waals surface area contributed by atoms with Crippen molar-refractivity contribution < 1.29 is 14.3 Å². The van der Waals surface area contributed by atoms with Crippen molar-refractivity contribution in [2.24, 2.45) is 5.92 Å². The van der Waals surface area contributed by atoms with Gasteiger partial charge in [-0.05, 0) is 59.2 Å². The summed E-state index contributed by atoms with van der Waals surface area (Å²) in [6.45, 7) is 4.97. The van der Waals surface area contributed by atoms with Crippen molar-refractivity contribution >= 4 is 34.5 Å². The van der Waals surface area contributed by atoms with Crippen LogP contribution in [0.4, 0.5) is 0 Å². The van der Waals surface area contributed by atoms with Crippen LogP contribution in [0.5, 0.6) is 0 Å². The molecule has 5 heteroatoms. The normalized spacial score (nSPS) is 15.6. The van der Waals surface area contributed by atoms with Crippen molar-refractivity contribution in [3.8, 4) is 0 Å². The van der Waals surface area contributed by atoms with E-state index in [1.807, 2.05) is 24.3 Å². The van der Waals surface area contributed by atoms with Gasteiger partial charge in [0.2, 0.25) is 5.91 Å². The molecule has 2 rings (SSSR count). The molecular formula is C16H18INO3. The van der Waals surface area contributed by atoms with E-state index in [0.29, 0.717) is 32.5 Å². The van der Waals surface area contributed by atoms with Crippen molar-refractivity contribution in [3.05, 3.63) is 46.1 Å². The second-order valence-corrected chi connectivity index (χ2v) is 6.28. The van der Waals surface area contributed by atoms with Crippen LogP contribution < -0.4 is 0 Å². The molecule has 1 aliphatic rings. The van der Waals surface area contributed by atoms with E-state index >= 15 is 0 Å². The number of carbonyl (C=O) groups is 2. The quantitative estimate of drug-likeness (QED) is 0.445. The number of benzene rings is 1. The predicted octanol–water partition coefficient (Wildman–Crippen LogP) is 2.76. The number of amides is 1. The molecule has 112 valence electrons. The van der Waals surface area contributed by atoms with Gasteiger partial charge in [-0.25, -0.2) is 0 Å². The molecule has 0 unspecified atom stereocenters. The van der Waals surface area contributed by atoms with Crippen LogP contribution in [0.25, 0.3) is 0 Å². The van der Waals surface area contributed by atoms with E-state index in [9.17, 15) is 9.59 Å². The van der Waals surface area contributed by atoms with E-state index in [1.165, 1.54) is 6.08 Å². The molecule has 0 bridgehead atoms. The van der Waals surface area contributed by atoms with Crippen LogP contribution in [-0.4, -0.2) is 29.9 Å². The Hall–Kier alpha value is -1.37. The average molecular weight is 399 g/mol. The first kappa shape index (κ1) is 16.0. The van der Waals surface area contributed by atoms with Gasteiger partial charge in [0.05, 0.1) is 5.92 Å². The lowest BCUT2D eigenvalue weighted by Gasteiger charge is -2.30. The number of rotatable bonds is 4. The highest BCUT2D eigenvalue weighted by atomic mass is 127. The van der Waals surface area contributed by atoms with Gasteiger partial charge in [0, 0.05) is 16.7 Å². The third kappa shape index (κ3) is 4.56. The van der Waals surface area contributed by atoms with Gasteiger partial charge in [-0.1, -0.05) is 18.7 Å². The summed E-state index contributed by atoms with van der Waals surface area (Å²) in [5.74, 6) is -0.345. The van der Waals surface area contributed by atoms with Gasteiger partial charge >= 0.3 is 5.97 Å². The van der Waals surface area contributed by atoms with Gasteiger partial charge in [-0.2, -0.15) is 0 Å². The number of likely N-dealkylation sites (tertiary alicyclic amines) is 1. The topological polar surface area (TPSA) is 46.6 Å². The molecular weight excluding hydrogens is 381 g/mol. The number of hydrogen-bond donors (Lipinski definition) is 0. The van der Waals surface area contributed by atoms with Crippen LogP contribution in [0.1, 0.15) is 18.4 Å². The molecule has 1 aliphatic heterocycles. The van der Waals surface area contributed by atoms with Gasteiger partial charge in [0.15, 0.2) is 0 Å². The fraction of sp³-hybridized carbons (Fsp3) is 0.375. The first-order valence-electron chi connectivity index (χ1n) is 6.92. The molecule has 1 aromatic carbocycles. The molecule has 0 aromatic heterocycles. The zero-order valence-corrected chi connectivity index (χ0v) is 13.9. The molecule has 1 aromatic rings. The molecule has 21 heavy (non-hydrogen) atoms. The molecule has 1 fully saturated rings. The zero-order valence-electron chi connectivity index (χ0n) is 11.8. The fourth-order valence-corrected chi connectivity index (χ4v) is 2.68. The fourth-order valence-electron chi connectivity index (χ4n) is 2.32. The van der Waals surface area contributed by atoms with Crippen LogP contribution in [0.2, 0.25) is 0 Å². The number of esters is 1. The molecule has 4 nitrogen and oxygen atoms in total. The van der Waals surface area contributed by atoms with Crippen LogP contribution in [-0.2, 0) is 20.9 Å². The third-order valence-electron chi connectivity index (χ3n) is 3.61. The molecule has 0 saturated carbocycles. The molecule has 0 atom stereocenters. The summed E-state index contributed by atoms with van der Waals surface area (Å²) < 4.78 is 6.52. The Morgan fingerprint density at radius 2 is 1.90 bits per heavy atom. The third-order valence-corrected chi connectivity index (χ3v) is 4.33. The Balaban J connectivity index is 1.78. The Labute approximate surface area is 138 Å². The molecule has 0 radical (unpaired) electrons. The van der Waals surface area contributed by atoms with Gasteiger partial charge < -0.3 is 9.64 Å². The van der Waals surface area contributed by atoms with Crippen molar-refractivity contribution in [1.82, 2.24) is 4.90 Å². The smallest absolute Gasteiger partial charge is 0.309 e. The zero-order chi connectivity index (χ0) is 15.2. The number of halogens is 1. The SMILES string of the molecule is C=CC(=O)N1CCC(C(=O)OCc2ccc(I)cc2)CC1. The standard InChI is InChI=1S/C16H18INO3/c1-2-15(19)18-9-7-13(8-10-18)16(20)21-11-12-3-5-14(17)6-4-12/h2-6,13H,1,7-11H2. The van der Waals surface area contributed by atoms with E-state index in [0.717, 1.165) is 9.13 Å². The summed E-state index contributed by atoms with van der Waals surface area (Å²) >= 11 is 2.24. The average Bonchev–Trinajstić information content (AvgIpc) is 2.53. The maximum Gasteiger partial charge on any atom is 0.309 e. The second kappa shape index (κ2) is 7.59. The maximum atomic E-state index is 12.0. The number of carbonyl (C=O) groups excluding carboxylic acids is 2. The molecule has 0 N–H and O–H groups in total. The maximum absolute atomic E-state index is 12.0. The van der Waals surface area contributed by atoms with Crippen molar-refractivity contribution in [2.75, 3.05) is 13.1 Å². The number of nitrogens with zero attached hydrogens (tertiary/aromatic N) is 1. The minimum Gasteiger partial charge on any atom is -0.461 e. The van der Waals surface area contributed by atoms with Crippen LogP contribution >= 0.6 is 22.6 Å². The summed E-state index contributed by atoms with van der Waals surface area (Å²) in [4.78, 5) is 25.2. The molecule has 0 aliphatic carbocycles. The Morgan fingerprint density at radius 3 is 2.48 bits per heavy atom. The summed E-state index contributed by atoms with van der Waals surface area (Å²) in [6, 6.07) is 7.90. The number of piperidine rings is 1. The van der Waals surface area contributed by atoms with Gasteiger partial charge in [0.1, 0.15) is 6.61 Å². The lowest BCUT2D eigenvalue weighted by atomic mass is 9.97. The number of ether oxygens (including phenoxy) is 1. The Bertz CT molecular complexity index is 519. The van der Waals surface area contributed by atoms with E-state index in [4.69, 9.17) is 4.74 Å². The molecule has 0 spiro atoms. The highest BCUT2D eigenvalue weighted by Crippen LogP contribution is 2.19. The molecule has 1 heterocycles. The van der Waals surface area contributed by atoms with Crippen LogP contribution in [0, 0.1) is 9.49 Å².